The lowest BCUT2D eigenvalue weighted by atomic mass is 10.0. The van der Waals surface area contributed by atoms with E-state index in [0.717, 1.165) is 0 Å². The molecule has 0 bridgehead atoms. The molecule has 0 fully saturated rings. The van der Waals surface area contributed by atoms with Gasteiger partial charge in [0.15, 0.2) is 0 Å². The van der Waals surface area contributed by atoms with Crippen molar-refractivity contribution in [2.75, 3.05) is 13.2 Å². The van der Waals surface area contributed by atoms with E-state index in [1.807, 2.05) is 0 Å². The summed E-state index contributed by atoms with van der Waals surface area (Å²) in [5, 5.41) is 58.8. The summed E-state index contributed by atoms with van der Waals surface area (Å²) in [7, 11) is 0. The molecule has 0 radical (unpaired) electrons. The van der Waals surface area contributed by atoms with Crippen LogP contribution in [0.2, 0.25) is 0 Å². The second-order valence-electron chi connectivity index (χ2n) is 19.4. The Labute approximate surface area is 479 Å². The van der Waals surface area contributed by atoms with E-state index in [9.17, 15) is 82.8 Å². The third kappa shape index (κ3) is 21.9. The summed E-state index contributed by atoms with van der Waals surface area (Å²) >= 11 is 0. The molecule has 0 aliphatic carbocycles. The second kappa shape index (κ2) is 33.2. The highest BCUT2D eigenvalue weighted by atomic mass is 16.4. The van der Waals surface area contributed by atoms with Crippen LogP contribution in [-0.2, 0) is 81.6 Å². The van der Waals surface area contributed by atoms with Crippen LogP contribution >= 0.6 is 0 Å². The molecular formula is C54H69N13O17. The van der Waals surface area contributed by atoms with Crippen LogP contribution in [0.3, 0.4) is 0 Å². The van der Waals surface area contributed by atoms with Crippen LogP contribution in [0.5, 0.6) is 0 Å². The number of carboxylic acid groups (broad SMARTS) is 2. The number of hydrogen-bond donors (Lipinski definition) is 17. The molecular weight excluding hydrogens is 1100 g/mol. The van der Waals surface area contributed by atoms with Gasteiger partial charge >= 0.3 is 11.9 Å². The van der Waals surface area contributed by atoms with Gasteiger partial charge in [-0.1, -0.05) is 78.9 Å². The fourth-order valence-electron chi connectivity index (χ4n) is 8.37. The van der Waals surface area contributed by atoms with Crippen LogP contribution in [0.1, 0.15) is 61.6 Å². The lowest BCUT2D eigenvalue weighted by molar-refractivity contribution is -0.142. The molecule has 4 rings (SSSR count). The van der Waals surface area contributed by atoms with Crippen molar-refractivity contribution in [3.05, 3.63) is 108 Å². The second-order valence-corrected chi connectivity index (χ2v) is 19.4. The quantitative estimate of drug-likeness (QED) is 0.0202. The van der Waals surface area contributed by atoms with Gasteiger partial charge < -0.3 is 90.9 Å². The molecule has 1 heterocycles. The van der Waals surface area contributed by atoms with E-state index in [1.54, 1.807) is 84.9 Å². The Morgan fingerprint density at radius 2 is 0.774 bits per heavy atom. The largest absolute Gasteiger partial charge is 0.481 e. The number of carboxylic acids is 2. The van der Waals surface area contributed by atoms with Gasteiger partial charge in [-0.3, -0.25) is 57.5 Å². The fourth-order valence-corrected chi connectivity index (χ4v) is 8.37. The van der Waals surface area contributed by atoms with Gasteiger partial charge in [-0.05, 0) is 42.0 Å². The Morgan fingerprint density at radius 1 is 0.417 bits per heavy atom. The number of nitrogens with one attached hydrogen (secondary N) is 9. The number of aliphatic hydroxyl groups excluding tert-OH is 2. The molecule has 21 N–H and O–H groups in total. The normalized spacial score (nSPS) is 14.2. The number of amides is 11. The molecule has 0 aliphatic heterocycles. The molecule has 30 nitrogen and oxygen atoms in total. The number of fused-ring (bicyclic) bond motifs is 1. The van der Waals surface area contributed by atoms with Gasteiger partial charge in [0.05, 0.1) is 25.7 Å². The first kappa shape index (κ1) is 66.7. The van der Waals surface area contributed by atoms with Crippen LogP contribution in [-0.4, -0.2) is 170 Å². The highest BCUT2D eigenvalue weighted by Crippen LogP contribution is 2.20. The smallest absolute Gasteiger partial charge is 0.326 e. The molecule has 0 unspecified atom stereocenters. The zero-order valence-electron chi connectivity index (χ0n) is 45.2. The standard InChI is InChI=1S/C54H69N13O17/c55-32(24-44(58)72)46(75)63-37(21-28-9-3-1-4-10-28)50(79)62-36(17-20-45(73)74)48(77)64-38(23-30-25-59-33-14-8-7-13-31(30)33)51(80)61-34(15-18-42(56)70)47(76)60-35(16-19-43(57)71)49(78)66-41(27-69)53(82)67-40(26-68)52(81)65-39(54(83)84)22-29-11-5-2-6-12-29/h1-14,25,32,34-41,59,68-69H,15-24,26-27,55H2,(H2,56,70)(H2,57,71)(H2,58,72)(H,60,76)(H,61,80)(H,62,79)(H,63,75)(H,64,77)(H,65,81)(H,66,78)(H,67,82)(H,73,74)(H,83,84)/t32-,34-,35-,36-,37-,38-,39-,40-,41-/m0/s1. The number of carbonyl (C=O) groups is 13. The number of benzene rings is 3. The predicted octanol–water partition coefficient (Wildman–Crippen LogP) is -5.26. The first-order valence-corrected chi connectivity index (χ1v) is 26.2. The Bertz CT molecular complexity index is 3000. The minimum atomic E-state index is -1.93. The lowest BCUT2D eigenvalue weighted by Gasteiger charge is -2.28. The highest BCUT2D eigenvalue weighted by molar-refractivity contribution is 5.99. The lowest BCUT2D eigenvalue weighted by Crippen LogP contribution is -2.61. The number of primary amides is 3. The number of aliphatic carboxylic acids is 2. The van der Waals surface area contributed by atoms with E-state index >= 15 is 0 Å². The van der Waals surface area contributed by atoms with E-state index < -0.39 is 189 Å². The van der Waals surface area contributed by atoms with Crippen molar-refractivity contribution in [2.45, 2.75) is 119 Å². The number of nitrogens with two attached hydrogens (primary N) is 4. The zero-order chi connectivity index (χ0) is 62.0. The number of carbonyl (C=O) groups excluding carboxylic acids is 11. The van der Waals surface area contributed by atoms with Gasteiger partial charge in [0.25, 0.3) is 0 Å². The first-order valence-electron chi connectivity index (χ1n) is 26.2. The maximum atomic E-state index is 14.6. The molecule has 11 amide bonds. The number of aromatic amines is 1. The average Bonchev–Trinajstić information content (AvgIpc) is 3.84. The predicted molar refractivity (Wildman–Crippen MR) is 295 cm³/mol. The number of hydrogen-bond acceptors (Lipinski definition) is 16. The molecule has 0 spiro atoms. The van der Waals surface area contributed by atoms with Crippen molar-refractivity contribution in [1.29, 1.82) is 0 Å². The van der Waals surface area contributed by atoms with Gasteiger partial charge in [0.1, 0.15) is 48.3 Å². The van der Waals surface area contributed by atoms with E-state index in [-0.39, 0.29) is 19.3 Å². The summed E-state index contributed by atoms with van der Waals surface area (Å²) in [6.45, 7) is -2.25. The Hall–Kier alpha value is -9.81. The SMILES string of the molecule is NC(=O)CC[C@H](NC(=O)[C@H](CCC(N)=O)NC(=O)[C@H](Cc1c[nH]c2ccccc12)NC(=O)[C@H](CCC(=O)O)NC(=O)[C@H](Cc1ccccc1)NC(=O)[C@@H](N)CC(N)=O)C(=O)N[C@@H](CO)C(=O)N[C@@H](CO)C(=O)N[C@@H](Cc1ccccc1)C(=O)O. The summed E-state index contributed by atoms with van der Waals surface area (Å²) in [5.41, 5.74) is 23.9. The minimum Gasteiger partial charge on any atom is -0.481 e. The molecule has 0 saturated carbocycles. The molecule has 0 saturated heterocycles. The molecule has 4 aromatic rings. The van der Waals surface area contributed by atoms with Crippen molar-refractivity contribution in [3.63, 3.8) is 0 Å². The Balaban J connectivity index is 1.62. The van der Waals surface area contributed by atoms with Crippen molar-refractivity contribution in [3.8, 4) is 0 Å². The van der Waals surface area contributed by atoms with Crippen LogP contribution in [0, 0.1) is 0 Å². The molecule has 1 aromatic heterocycles. The van der Waals surface area contributed by atoms with Crippen LogP contribution < -0.4 is 65.5 Å². The number of para-hydroxylation sites is 1. The summed E-state index contributed by atoms with van der Waals surface area (Å²) in [4.78, 5) is 174. The maximum Gasteiger partial charge on any atom is 0.326 e. The van der Waals surface area contributed by atoms with Crippen molar-refractivity contribution in [2.24, 2.45) is 22.9 Å². The Kier molecular flexibility index (Phi) is 26.4. The van der Waals surface area contributed by atoms with Crippen LogP contribution in [0.15, 0.2) is 91.1 Å². The number of aromatic nitrogens is 1. The highest BCUT2D eigenvalue weighted by Gasteiger charge is 2.36. The van der Waals surface area contributed by atoms with Gasteiger partial charge in [0, 0.05) is 55.6 Å². The van der Waals surface area contributed by atoms with E-state index in [0.29, 0.717) is 27.6 Å². The maximum absolute atomic E-state index is 14.6. The van der Waals surface area contributed by atoms with Gasteiger partial charge in [-0.2, -0.15) is 0 Å². The molecule has 452 valence electrons. The number of rotatable bonds is 36. The van der Waals surface area contributed by atoms with Crippen molar-refractivity contribution < 1.29 is 82.8 Å². The monoisotopic (exact) mass is 1170 g/mol. The van der Waals surface area contributed by atoms with E-state index in [1.165, 1.54) is 6.20 Å². The first-order chi connectivity index (χ1) is 39.9. The van der Waals surface area contributed by atoms with E-state index in [4.69, 9.17) is 22.9 Å². The third-order valence-electron chi connectivity index (χ3n) is 12.8. The fraction of sp³-hybridized carbons (Fsp3) is 0.389. The molecule has 9 atom stereocenters. The summed E-state index contributed by atoms with van der Waals surface area (Å²) in [5.74, 6) is -14.9. The zero-order valence-corrected chi connectivity index (χ0v) is 45.2. The average molecular weight is 1170 g/mol. The van der Waals surface area contributed by atoms with E-state index in [2.05, 4.69) is 47.5 Å². The van der Waals surface area contributed by atoms with Gasteiger partial charge in [-0.15, -0.1) is 0 Å². The number of aliphatic hydroxyl groups is 2. The Morgan fingerprint density at radius 3 is 1.20 bits per heavy atom. The molecule has 3 aromatic carbocycles. The van der Waals surface area contributed by atoms with Gasteiger partial charge in [-0.25, -0.2) is 4.79 Å². The van der Waals surface area contributed by atoms with Crippen molar-refractivity contribution in [1.82, 2.24) is 47.5 Å². The third-order valence-corrected chi connectivity index (χ3v) is 12.8. The molecule has 0 aliphatic rings. The minimum absolute atomic E-state index is 0.185. The number of H-pyrrole nitrogens is 1. The summed E-state index contributed by atoms with van der Waals surface area (Å²) < 4.78 is 0. The van der Waals surface area contributed by atoms with Crippen LogP contribution in [0.25, 0.3) is 10.9 Å². The topological polar surface area (TPSA) is 519 Å². The molecule has 30 heteroatoms. The summed E-state index contributed by atoms with van der Waals surface area (Å²) in [6, 6.07) is 7.82. The summed E-state index contributed by atoms with van der Waals surface area (Å²) in [6.07, 6.45) is -3.45. The van der Waals surface area contributed by atoms with Crippen molar-refractivity contribution >= 4 is 87.8 Å². The van der Waals surface area contributed by atoms with Gasteiger partial charge in [0.2, 0.25) is 65.0 Å². The molecule has 84 heavy (non-hydrogen) atoms. The van der Waals surface area contributed by atoms with Crippen LogP contribution in [0.4, 0.5) is 0 Å².